The summed E-state index contributed by atoms with van der Waals surface area (Å²) < 4.78 is 0. The zero-order chi connectivity index (χ0) is 5.70. The highest BCUT2D eigenvalue weighted by Gasteiger charge is 1.77. The highest BCUT2D eigenvalue weighted by Crippen LogP contribution is 1.97. The molecule has 0 amide bonds. The summed E-state index contributed by atoms with van der Waals surface area (Å²) in [5.74, 6) is 0. The SMILES string of the molecule is C/C(=C\Cl)CC[O-]. The molecule has 0 bridgehead atoms. The van der Waals surface area contributed by atoms with Gasteiger partial charge in [-0.05, 0) is 13.3 Å². The van der Waals surface area contributed by atoms with Crippen LogP contribution >= 0.6 is 11.6 Å². The minimum atomic E-state index is -0.0605. The highest BCUT2D eigenvalue weighted by atomic mass is 35.5. The summed E-state index contributed by atoms with van der Waals surface area (Å²) in [4.78, 5) is 0. The molecule has 0 heterocycles. The minimum absolute atomic E-state index is 0.0605. The van der Waals surface area contributed by atoms with Gasteiger partial charge >= 0.3 is 0 Å². The molecule has 1 nitrogen and oxygen atoms in total. The molecule has 0 radical (unpaired) electrons. The van der Waals surface area contributed by atoms with E-state index in [4.69, 9.17) is 11.6 Å². The second kappa shape index (κ2) is 4.16. The predicted octanol–water partition coefficient (Wildman–Crippen LogP) is 0.879. The number of rotatable bonds is 2. The lowest BCUT2D eigenvalue weighted by Crippen LogP contribution is -2.04. The Morgan fingerprint density at radius 1 is 1.86 bits per heavy atom. The predicted molar refractivity (Wildman–Crippen MR) is 29.1 cm³/mol. The molecule has 0 saturated heterocycles. The summed E-state index contributed by atoms with van der Waals surface area (Å²) in [7, 11) is 0. The lowest BCUT2D eigenvalue weighted by molar-refractivity contribution is -0.366. The number of hydrogen-bond acceptors (Lipinski definition) is 1. The molecule has 0 saturated carbocycles. The van der Waals surface area contributed by atoms with Crippen molar-refractivity contribution in [1.29, 1.82) is 0 Å². The molecule has 0 aliphatic rings. The average Bonchev–Trinajstić information content (AvgIpc) is 1.68. The van der Waals surface area contributed by atoms with Gasteiger partial charge in [0.1, 0.15) is 0 Å². The minimum Gasteiger partial charge on any atom is -0.854 e. The van der Waals surface area contributed by atoms with Crippen LogP contribution in [0.15, 0.2) is 11.1 Å². The van der Waals surface area contributed by atoms with Crippen LogP contribution in [-0.2, 0) is 0 Å². The molecule has 0 unspecified atom stereocenters. The van der Waals surface area contributed by atoms with Gasteiger partial charge in [-0.2, -0.15) is 0 Å². The van der Waals surface area contributed by atoms with Gasteiger partial charge in [0, 0.05) is 5.54 Å². The summed E-state index contributed by atoms with van der Waals surface area (Å²) in [6.45, 7) is 1.78. The Kier molecular flexibility index (Phi) is 4.15. The topological polar surface area (TPSA) is 23.1 Å². The van der Waals surface area contributed by atoms with Crippen LogP contribution in [0.25, 0.3) is 0 Å². The van der Waals surface area contributed by atoms with E-state index in [2.05, 4.69) is 0 Å². The maximum Gasteiger partial charge on any atom is 0.00312 e. The zero-order valence-corrected chi connectivity index (χ0v) is 5.03. The first-order valence-corrected chi connectivity index (χ1v) is 2.59. The van der Waals surface area contributed by atoms with Crippen molar-refractivity contribution >= 4 is 11.6 Å². The molecule has 0 aromatic rings. The lowest BCUT2D eigenvalue weighted by atomic mass is 10.3. The van der Waals surface area contributed by atoms with Gasteiger partial charge in [-0.25, -0.2) is 0 Å². The molecule has 0 aliphatic carbocycles. The van der Waals surface area contributed by atoms with Crippen LogP contribution in [0, 0.1) is 0 Å². The summed E-state index contributed by atoms with van der Waals surface area (Å²) in [5, 5.41) is 9.80. The third-order valence-electron chi connectivity index (χ3n) is 0.683. The molecule has 0 aromatic heterocycles. The first-order valence-electron chi connectivity index (χ1n) is 2.15. The molecule has 7 heavy (non-hydrogen) atoms. The quantitative estimate of drug-likeness (QED) is 0.529. The molecular formula is C5H8ClO-. The van der Waals surface area contributed by atoms with Gasteiger partial charge in [0.05, 0.1) is 0 Å². The third kappa shape index (κ3) is 3.83. The molecule has 0 atom stereocenters. The Hall–Kier alpha value is -0.0100. The molecular weight excluding hydrogens is 112 g/mol. The van der Waals surface area contributed by atoms with E-state index in [0.29, 0.717) is 6.42 Å². The smallest absolute Gasteiger partial charge is 0.00312 e. The van der Waals surface area contributed by atoms with E-state index in [1.165, 1.54) is 5.54 Å². The van der Waals surface area contributed by atoms with Crippen LogP contribution in [0.2, 0.25) is 0 Å². The molecule has 0 N–H and O–H groups in total. The monoisotopic (exact) mass is 119 g/mol. The standard InChI is InChI=1S/C5H8ClO/c1-5(4-6)2-3-7/h4H,2-3H2,1H3/q-1/b5-4+. The van der Waals surface area contributed by atoms with Gasteiger partial charge in [-0.15, -0.1) is 6.61 Å². The Morgan fingerprint density at radius 3 is 2.57 bits per heavy atom. The largest absolute Gasteiger partial charge is 0.854 e. The third-order valence-corrected chi connectivity index (χ3v) is 1.06. The lowest BCUT2D eigenvalue weighted by Gasteiger charge is -1.99. The van der Waals surface area contributed by atoms with Crippen LogP contribution in [0.4, 0.5) is 0 Å². The fourth-order valence-corrected chi connectivity index (χ4v) is 0.325. The van der Waals surface area contributed by atoms with Crippen LogP contribution in [0.5, 0.6) is 0 Å². The van der Waals surface area contributed by atoms with E-state index in [1.54, 1.807) is 0 Å². The van der Waals surface area contributed by atoms with E-state index in [9.17, 15) is 5.11 Å². The van der Waals surface area contributed by atoms with Gasteiger partial charge < -0.3 is 5.11 Å². The fourth-order valence-electron chi connectivity index (χ4n) is 0.216. The maximum absolute atomic E-state index is 9.80. The van der Waals surface area contributed by atoms with Gasteiger partial charge in [0.2, 0.25) is 0 Å². The van der Waals surface area contributed by atoms with Crippen LogP contribution in [0.1, 0.15) is 13.3 Å². The van der Waals surface area contributed by atoms with E-state index in [-0.39, 0.29) is 6.61 Å². The summed E-state index contributed by atoms with van der Waals surface area (Å²) in [6.07, 6.45) is 0.573. The number of hydrogen-bond donors (Lipinski definition) is 0. The first-order chi connectivity index (χ1) is 3.31. The van der Waals surface area contributed by atoms with Crippen molar-refractivity contribution in [2.45, 2.75) is 13.3 Å². The summed E-state index contributed by atoms with van der Waals surface area (Å²) >= 11 is 5.23. The highest BCUT2D eigenvalue weighted by molar-refractivity contribution is 6.25. The Bertz CT molecular complexity index is 68.5. The van der Waals surface area contributed by atoms with E-state index >= 15 is 0 Å². The normalized spacial score (nSPS) is 12.1. The molecule has 0 spiro atoms. The Balaban J connectivity index is 3.17. The van der Waals surface area contributed by atoms with Crippen LogP contribution in [-0.4, -0.2) is 6.61 Å². The van der Waals surface area contributed by atoms with Crippen molar-refractivity contribution in [3.8, 4) is 0 Å². The van der Waals surface area contributed by atoms with E-state index in [1.807, 2.05) is 6.92 Å². The summed E-state index contributed by atoms with van der Waals surface area (Å²) in [6, 6.07) is 0. The molecule has 0 fully saturated rings. The van der Waals surface area contributed by atoms with Crippen molar-refractivity contribution in [2.24, 2.45) is 0 Å². The van der Waals surface area contributed by atoms with Crippen molar-refractivity contribution in [3.63, 3.8) is 0 Å². The molecule has 0 aliphatic heterocycles. The van der Waals surface area contributed by atoms with Crippen molar-refractivity contribution < 1.29 is 5.11 Å². The fraction of sp³-hybridized carbons (Fsp3) is 0.600. The van der Waals surface area contributed by atoms with E-state index < -0.39 is 0 Å². The molecule has 42 valence electrons. The van der Waals surface area contributed by atoms with Gasteiger partial charge in [-0.3, -0.25) is 0 Å². The Labute approximate surface area is 48.6 Å². The first kappa shape index (κ1) is 6.99. The van der Waals surface area contributed by atoms with Crippen molar-refractivity contribution in [1.82, 2.24) is 0 Å². The van der Waals surface area contributed by atoms with Crippen LogP contribution in [0.3, 0.4) is 0 Å². The van der Waals surface area contributed by atoms with Crippen molar-refractivity contribution in [3.05, 3.63) is 11.1 Å². The van der Waals surface area contributed by atoms with Gasteiger partial charge in [-0.1, -0.05) is 17.2 Å². The van der Waals surface area contributed by atoms with Crippen LogP contribution < -0.4 is 5.11 Å². The molecule has 0 rings (SSSR count). The summed E-state index contributed by atoms with van der Waals surface area (Å²) in [5.41, 5.74) is 2.40. The second-order valence-electron chi connectivity index (χ2n) is 1.41. The average molecular weight is 120 g/mol. The molecule has 2 heteroatoms. The van der Waals surface area contributed by atoms with Gasteiger partial charge in [0.15, 0.2) is 0 Å². The second-order valence-corrected chi connectivity index (χ2v) is 1.63. The Morgan fingerprint density at radius 2 is 2.43 bits per heavy atom. The zero-order valence-electron chi connectivity index (χ0n) is 4.28. The van der Waals surface area contributed by atoms with E-state index in [0.717, 1.165) is 5.57 Å². The maximum atomic E-state index is 9.80. The number of halogens is 1. The molecule has 0 aromatic carbocycles. The van der Waals surface area contributed by atoms with Crippen molar-refractivity contribution in [2.75, 3.05) is 6.61 Å². The van der Waals surface area contributed by atoms with Gasteiger partial charge in [0.25, 0.3) is 0 Å².